The molecule has 6 heteroatoms. The van der Waals surface area contributed by atoms with Crippen LogP contribution >= 0.6 is 15.9 Å². The highest BCUT2D eigenvalue weighted by atomic mass is 79.9. The molecule has 0 aromatic heterocycles. The third-order valence-corrected chi connectivity index (χ3v) is 3.59. The summed E-state index contributed by atoms with van der Waals surface area (Å²) in [6, 6.07) is 7.80. The molecule has 0 heterocycles. The van der Waals surface area contributed by atoms with Gasteiger partial charge in [-0.3, -0.25) is 0 Å². The van der Waals surface area contributed by atoms with Gasteiger partial charge in [0.2, 0.25) is 0 Å². The van der Waals surface area contributed by atoms with Crippen molar-refractivity contribution in [3.05, 3.63) is 69.4 Å². The minimum Gasteiger partial charge on any atom is -0.320 e. The lowest BCUT2D eigenvalue weighted by atomic mass is 9.95. The second-order valence-corrected chi connectivity index (χ2v) is 5.08. The molecule has 2 rings (SSSR count). The summed E-state index contributed by atoms with van der Waals surface area (Å²) in [6.07, 6.45) is -4.49. The molecule has 2 aromatic rings. The van der Waals surface area contributed by atoms with Crippen LogP contribution < -0.4 is 5.73 Å². The van der Waals surface area contributed by atoms with Gasteiger partial charge in [-0.25, -0.2) is 4.39 Å². The van der Waals surface area contributed by atoms with Crippen molar-refractivity contribution >= 4 is 15.9 Å². The predicted octanol–water partition coefficient (Wildman–Crippen LogP) is 4.66. The maximum absolute atomic E-state index is 13.0. The Kier molecular flexibility index (Phi) is 4.15. The van der Waals surface area contributed by atoms with Crippen LogP contribution in [0, 0.1) is 5.82 Å². The molecule has 0 radical (unpaired) electrons. The molecule has 2 N–H and O–H groups in total. The van der Waals surface area contributed by atoms with E-state index in [2.05, 4.69) is 15.9 Å². The van der Waals surface area contributed by atoms with Gasteiger partial charge in [0, 0.05) is 4.47 Å². The van der Waals surface area contributed by atoms with E-state index < -0.39 is 23.6 Å². The van der Waals surface area contributed by atoms with Crippen molar-refractivity contribution in [1.29, 1.82) is 0 Å². The fourth-order valence-corrected chi connectivity index (χ4v) is 2.55. The Morgan fingerprint density at radius 1 is 1.00 bits per heavy atom. The van der Waals surface area contributed by atoms with Crippen LogP contribution in [0.2, 0.25) is 0 Å². The molecule has 2 aromatic carbocycles. The van der Waals surface area contributed by atoms with Crippen molar-refractivity contribution in [3.63, 3.8) is 0 Å². The smallest absolute Gasteiger partial charge is 0.320 e. The van der Waals surface area contributed by atoms with Gasteiger partial charge in [0.1, 0.15) is 5.82 Å². The summed E-state index contributed by atoms with van der Waals surface area (Å²) in [4.78, 5) is 0. The van der Waals surface area contributed by atoms with E-state index in [4.69, 9.17) is 5.73 Å². The van der Waals surface area contributed by atoms with Gasteiger partial charge in [0.25, 0.3) is 0 Å². The Labute approximate surface area is 121 Å². The molecule has 0 aliphatic heterocycles. The third kappa shape index (κ3) is 3.02. The number of halogens is 5. The SMILES string of the molecule is NC(c1ccc(F)cc1Br)c1ccccc1C(F)(F)F. The topological polar surface area (TPSA) is 26.0 Å². The van der Waals surface area contributed by atoms with E-state index in [1.54, 1.807) is 0 Å². The molecule has 0 aliphatic rings. The summed E-state index contributed by atoms with van der Waals surface area (Å²) in [5.74, 6) is -0.489. The number of benzene rings is 2. The Bertz CT molecular complexity index is 625. The van der Waals surface area contributed by atoms with Crippen molar-refractivity contribution < 1.29 is 17.6 Å². The molecule has 1 unspecified atom stereocenters. The van der Waals surface area contributed by atoms with Gasteiger partial charge in [-0.05, 0) is 29.3 Å². The minimum atomic E-state index is -4.49. The van der Waals surface area contributed by atoms with E-state index in [0.717, 1.165) is 12.1 Å². The fourth-order valence-electron chi connectivity index (χ4n) is 1.95. The largest absolute Gasteiger partial charge is 0.416 e. The number of alkyl halides is 3. The van der Waals surface area contributed by atoms with Crippen LogP contribution in [0.3, 0.4) is 0 Å². The second-order valence-electron chi connectivity index (χ2n) is 4.23. The lowest BCUT2D eigenvalue weighted by molar-refractivity contribution is -0.138. The summed E-state index contributed by atoms with van der Waals surface area (Å²) in [5, 5.41) is 0. The van der Waals surface area contributed by atoms with Crippen LogP contribution in [0.5, 0.6) is 0 Å². The monoisotopic (exact) mass is 347 g/mol. The number of rotatable bonds is 2. The van der Waals surface area contributed by atoms with Gasteiger partial charge in [-0.2, -0.15) is 13.2 Å². The lowest BCUT2D eigenvalue weighted by Gasteiger charge is -2.19. The molecular formula is C14H10BrF4N. The van der Waals surface area contributed by atoms with Gasteiger partial charge in [0.05, 0.1) is 11.6 Å². The highest BCUT2D eigenvalue weighted by molar-refractivity contribution is 9.10. The summed E-state index contributed by atoms with van der Waals surface area (Å²) >= 11 is 3.12. The third-order valence-electron chi connectivity index (χ3n) is 2.90. The molecule has 1 nitrogen and oxygen atoms in total. The maximum Gasteiger partial charge on any atom is 0.416 e. The van der Waals surface area contributed by atoms with Crippen molar-refractivity contribution in [1.82, 2.24) is 0 Å². The molecule has 106 valence electrons. The normalized spacial score (nSPS) is 13.3. The van der Waals surface area contributed by atoms with Gasteiger partial charge in [0.15, 0.2) is 0 Å². The molecule has 0 saturated heterocycles. The van der Waals surface area contributed by atoms with Crippen molar-refractivity contribution in [2.75, 3.05) is 0 Å². The minimum absolute atomic E-state index is 0.0488. The summed E-state index contributed by atoms with van der Waals surface area (Å²) in [6.45, 7) is 0. The van der Waals surface area contributed by atoms with E-state index >= 15 is 0 Å². The zero-order valence-electron chi connectivity index (χ0n) is 10.1. The highest BCUT2D eigenvalue weighted by Gasteiger charge is 2.34. The molecule has 20 heavy (non-hydrogen) atoms. The van der Waals surface area contributed by atoms with Crippen molar-refractivity contribution in [3.8, 4) is 0 Å². The number of nitrogens with two attached hydrogens (primary N) is 1. The first-order chi connectivity index (χ1) is 9.30. The number of hydrogen-bond acceptors (Lipinski definition) is 1. The van der Waals surface area contributed by atoms with Crippen molar-refractivity contribution in [2.24, 2.45) is 5.73 Å². The van der Waals surface area contributed by atoms with Crippen molar-refractivity contribution in [2.45, 2.75) is 12.2 Å². The lowest BCUT2D eigenvalue weighted by Crippen LogP contribution is -2.18. The van der Waals surface area contributed by atoms with Gasteiger partial charge in [-0.1, -0.05) is 40.2 Å². The summed E-state index contributed by atoms with van der Waals surface area (Å²) in [7, 11) is 0. The molecule has 0 bridgehead atoms. The van der Waals surface area contributed by atoms with Crippen LogP contribution in [0.4, 0.5) is 17.6 Å². The first-order valence-corrected chi connectivity index (χ1v) is 6.46. The van der Waals surface area contributed by atoms with Crippen LogP contribution in [-0.2, 0) is 6.18 Å². The average Bonchev–Trinajstić information content (AvgIpc) is 2.37. The Morgan fingerprint density at radius 3 is 2.25 bits per heavy atom. The molecule has 0 aliphatic carbocycles. The van der Waals surface area contributed by atoms with Gasteiger partial charge < -0.3 is 5.73 Å². The molecule has 0 saturated carbocycles. The molecule has 0 amide bonds. The summed E-state index contributed by atoms with van der Waals surface area (Å²) in [5.41, 5.74) is 5.47. The maximum atomic E-state index is 13.0. The van der Waals surface area contributed by atoms with E-state index in [1.807, 2.05) is 0 Å². The Hall–Kier alpha value is -1.40. The van der Waals surface area contributed by atoms with Crippen LogP contribution in [0.25, 0.3) is 0 Å². The van der Waals surface area contributed by atoms with Gasteiger partial charge >= 0.3 is 6.18 Å². The van der Waals surface area contributed by atoms with E-state index in [0.29, 0.717) is 10.0 Å². The molecule has 0 fully saturated rings. The zero-order chi connectivity index (χ0) is 14.9. The molecule has 0 spiro atoms. The van der Waals surface area contributed by atoms with Gasteiger partial charge in [-0.15, -0.1) is 0 Å². The first kappa shape index (κ1) is 15.0. The predicted molar refractivity (Wildman–Crippen MR) is 71.6 cm³/mol. The Balaban J connectivity index is 2.51. The quantitative estimate of drug-likeness (QED) is 0.786. The highest BCUT2D eigenvalue weighted by Crippen LogP contribution is 2.37. The zero-order valence-corrected chi connectivity index (χ0v) is 11.7. The van der Waals surface area contributed by atoms with Crippen LogP contribution in [-0.4, -0.2) is 0 Å². The van der Waals surface area contributed by atoms with Crippen LogP contribution in [0.15, 0.2) is 46.9 Å². The van der Waals surface area contributed by atoms with E-state index in [9.17, 15) is 17.6 Å². The molecular weight excluding hydrogens is 338 g/mol. The summed E-state index contributed by atoms with van der Waals surface area (Å²) < 4.78 is 52.3. The number of hydrogen-bond donors (Lipinski definition) is 1. The second kappa shape index (κ2) is 5.54. The van der Waals surface area contributed by atoms with Crippen LogP contribution in [0.1, 0.15) is 22.7 Å². The standard InChI is InChI=1S/C14H10BrF4N/c15-12-7-8(16)5-6-10(12)13(20)9-3-1-2-4-11(9)14(17,18)19/h1-7,13H,20H2. The van der Waals surface area contributed by atoms with E-state index in [1.165, 1.54) is 30.3 Å². The first-order valence-electron chi connectivity index (χ1n) is 5.67. The fraction of sp³-hybridized carbons (Fsp3) is 0.143. The average molecular weight is 348 g/mol. The Morgan fingerprint density at radius 2 is 1.65 bits per heavy atom. The van der Waals surface area contributed by atoms with E-state index in [-0.39, 0.29) is 5.56 Å². The molecule has 1 atom stereocenters.